The second-order valence-corrected chi connectivity index (χ2v) is 5.86. The van der Waals surface area contributed by atoms with Crippen molar-refractivity contribution in [1.82, 2.24) is 5.32 Å². The van der Waals surface area contributed by atoms with Crippen LogP contribution in [0.5, 0.6) is 0 Å². The van der Waals surface area contributed by atoms with E-state index in [4.69, 9.17) is 4.74 Å². The Balaban J connectivity index is 2.48. The van der Waals surface area contributed by atoms with Crippen molar-refractivity contribution in [3.63, 3.8) is 0 Å². The minimum atomic E-state index is -4.27. The van der Waals surface area contributed by atoms with Crippen LogP contribution in [-0.2, 0) is 11.2 Å². The van der Waals surface area contributed by atoms with Gasteiger partial charge in [-0.1, -0.05) is 19.1 Å². The first-order chi connectivity index (χ1) is 9.40. The Bertz CT molecular complexity index is 381. The van der Waals surface area contributed by atoms with E-state index in [0.717, 1.165) is 22.1 Å². The lowest BCUT2D eigenvalue weighted by atomic mass is 10.1. The van der Waals surface area contributed by atoms with Crippen molar-refractivity contribution in [2.45, 2.75) is 32.0 Å². The van der Waals surface area contributed by atoms with Crippen molar-refractivity contribution < 1.29 is 17.9 Å². The van der Waals surface area contributed by atoms with Gasteiger partial charge in [0.25, 0.3) is 0 Å². The standard InChI is InChI=1S/C14H19F3INO/c1-2-7-19-13(9-20-10-14(15,16)17)8-11-3-5-12(18)6-4-11/h3-6,13,19H,2,7-10H2,1H3. The van der Waals surface area contributed by atoms with Gasteiger partial charge in [-0.2, -0.15) is 13.2 Å². The maximum Gasteiger partial charge on any atom is 0.411 e. The second-order valence-electron chi connectivity index (χ2n) is 4.61. The summed E-state index contributed by atoms with van der Waals surface area (Å²) in [6.07, 6.45) is -2.67. The van der Waals surface area contributed by atoms with E-state index in [-0.39, 0.29) is 12.6 Å². The van der Waals surface area contributed by atoms with E-state index in [0.29, 0.717) is 6.42 Å². The Kier molecular flexibility index (Phi) is 7.83. The molecule has 1 N–H and O–H groups in total. The van der Waals surface area contributed by atoms with Crippen LogP contribution in [0.2, 0.25) is 0 Å². The molecule has 0 bridgehead atoms. The number of ether oxygens (including phenoxy) is 1. The number of alkyl halides is 3. The molecule has 1 atom stereocenters. The molecule has 0 aliphatic carbocycles. The Morgan fingerprint density at radius 2 is 1.90 bits per heavy atom. The van der Waals surface area contributed by atoms with E-state index in [1.165, 1.54) is 0 Å². The first-order valence-electron chi connectivity index (χ1n) is 6.53. The molecule has 0 fully saturated rings. The van der Waals surface area contributed by atoms with Crippen LogP contribution in [0.15, 0.2) is 24.3 Å². The van der Waals surface area contributed by atoms with Crippen molar-refractivity contribution in [2.24, 2.45) is 0 Å². The molecule has 0 saturated heterocycles. The molecule has 0 aliphatic rings. The smallest absolute Gasteiger partial charge is 0.370 e. The van der Waals surface area contributed by atoms with Gasteiger partial charge in [0.05, 0.1) is 6.61 Å². The molecule has 0 aliphatic heterocycles. The largest absolute Gasteiger partial charge is 0.411 e. The first kappa shape index (κ1) is 17.7. The van der Waals surface area contributed by atoms with Gasteiger partial charge in [0.1, 0.15) is 6.61 Å². The normalized spacial score (nSPS) is 13.4. The highest BCUT2D eigenvalue weighted by atomic mass is 127. The summed E-state index contributed by atoms with van der Waals surface area (Å²) in [5.74, 6) is 0. The average Bonchev–Trinajstić information content (AvgIpc) is 2.37. The summed E-state index contributed by atoms with van der Waals surface area (Å²) >= 11 is 2.22. The zero-order chi connectivity index (χ0) is 15.0. The number of rotatable bonds is 8. The molecule has 114 valence electrons. The third kappa shape index (κ3) is 8.06. The molecule has 1 unspecified atom stereocenters. The fourth-order valence-electron chi connectivity index (χ4n) is 1.76. The molecular weight excluding hydrogens is 382 g/mol. The molecule has 0 radical (unpaired) electrons. The molecule has 0 heterocycles. The third-order valence-corrected chi connectivity index (χ3v) is 3.38. The zero-order valence-corrected chi connectivity index (χ0v) is 13.5. The van der Waals surface area contributed by atoms with Crippen LogP contribution in [0.4, 0.5) is 13.2 Å². The lowest BCUT2D eigenvalue weighted by molar-refractivity contribution is -0.175. The summed E-state index contributed by atoms with van der Waals surface area (Å²) in [6, 6.07) is 7.86. The molecule has 0 spiro atoms. The topological polar surface area (TPSA) is 21.3 Å². The molecule has 0 saturated carbocycles. The van der Waals surface area contributed by atoms with E-state index in [2.05, 4.69) is 27.9 Å². The summed E-state index contributed by atoms with van der Waals surface area (Å²) in [6.45, 7) is 1.66. The number of nitrogens with one attached hydrogen (secondary N) is 1. The van der Waals surface area contributed by atoms with Crippen molar-refractivity contribution in [2.75, 3.05) is 19.8 Å². The molecule has 6 heteroatoms. The van der Waals surface area contributed by atoms with Crippen molar-refractivity contribution in [1.29, 1.82) is 0 Å². The van der Waals surface area contributed by atoms with Gasteiger partial charge < -0.3 is 10.1 Å². The van der Waals surface area contributed by atoms with Crippen molar-refractivity contribution in [3.8, 4) is 0 Å². The average molecular weight is 401 g/mol. The fourth-order valence-corrected chi connectivity index (χ4v) is 2.12. The van der Waals surface area contributed by atoms with E-state index < -0.39 is 12.8 Å². The van der Waals surface area contributed by atoms with Gasteiger partial charge in [-0.25, -0.2) is 0 Å². The Hall–Kier alpha value is -0.340. The highest BCUT2D eigenvalue weighted by Gasteiger charge is 2.27. The fraction of sp³-hybridized carbons (Fsp3) is 0.571. The van der Waals surface area contributed by atoms with Gasteiger partial charge in [0.15, 0.2) is 0 Å². The Morgan fingerprint density at radius 3 is 2.45 bits per heavy atom. The van der Waals surface area contributed by atoms with E-state index in [1.807, 2.05) is 31.2 Å². The highest BCUT2D eigenvalue weighted by molar-refractivity contribution is 14.1. The minimum Gasteiger partial charge on any atom is -0.370 e. The molecule has 1 aromatic carbocycles. The van der Waals surface area contributed by atoms with Gasteiger partial charge >= 0.3 is 6.18 Å². The Morgan fingerprint density at radius 1 is 1.25 bits per heavy atom. The molecule has 1 rings (SSSR count). The monoisotopic (exact) mass is 401 g/mol. The number of hydrogen-bond acceptors (Lipinski definition) is 2. The number of benzene rings is 1. The molecule has 1 aromatic rings. The predicted molar refractivity (Wildman–Crippen MR) is 81.8 cm³/mol. The van der Waals surface area contributed by atoms with Gasteiger partial charge in [-0.05, 0) is 59.7 Å². The SMILES string of the molecule is CCCNC(COCC(F)(F)F)Cc1ccc(I)cc1. The number of halogens is 4. The van der Waals surface area contributed by atoms with E-state index >= 15 is 0 Å². The van der Waals surface area contributed by atoms with Crippen LogP contribution in [-0.4, -0.2) is 32.0 Å². The predicted octanol–water partition coefficient (Wildman–Crippen LogP) is 3.78. The summed E-state index contributed by atoms with van der Waals surface area (Å²) < 4.78 is 42.2. The summed E-state index contributed by atoms with van der Waals surface area (Å²) in [5.41, 5.74) is 1.09. The summed E-state index contributed by atoms with van der Waals surface area (Å²) in [7, 11) is 0. The summed E-state index contributed by atoms with van der Waals surface area (Å²) in [5, 5.41) is 3.22. The van der Waals surface area contributed by atoms with Crippen molar-refractivity contribution >= 4 is 22.6 Å². The Labute approximate surface area is 131 Å². The second kappa shape index (κ2) is 8.84. The van der Waals surface area contributed by atoms with Gasteiger partial charge in [-0.3, -0.25) is 0 Å². The minimum absolute atomic E-state index is 0.0610. The van der Waals surface area contributed by atoms with E-state index in [1.54, 1.807) is 0 Å². The zero-order valence-electron chi connectivity index (χ0n) is 11.3. The molecular formula is C14H19F3INO. The number of hydrogen-bond donors (Lipinski definition) is 1. The van der Waals surface area contributed by atoms with Crippen LogP contribution in [0, 0.1) is 3.57 Å². The van der Waals surface area contributed by atoms with Crippen LogP contribution >= 0.6 is 22.6 Å². The van der Waals surface area contributed by atoms with Crippen LogP contribution in [0.25, 0.3) is 0 Å². The lowest BCUT2D eigenvalue weighted by Crippen LogP contribution is -2.37. The van der Waals surface area contributed by atoms with Gasteiger partial charge in [0.2, 0.25) is 0 Å². The van der Waals surface area contributed by atoms with E-state index in [9.17, 15) is 13.2 Å². The highest BCUT2D eigenvalue weighted by Crippen LogP contribution is 2.15. The quantitative estimate of drug-likeness (QED) is 0.670. The van der Waals surface area contributed by atoms with Crippen molar-refractivity contribution in [3.05, 3.63) is 33.4 Å². The summed E-state index contributed by atoms with van der Waals surface area (Å²) in [4.78, 5) is 0. The molecule has 0 amide bonds. The lowest BCUT2D eigenvalue weighted by Gasteiger charge is -2.19. The van der Waals surface area contributed by atoms with Crippen LogP contribution in [0.1, 0.15) is 18.9 Å². The third-order valence-electron chi connectivity index (χ3n) is 2.66. The van der Waals surface area contributed by atoms with Gasteiger partial charge in [0, 0.05) is 9.61 Å². The van der Waals surface area contributed by atoms with Gasteiger partial charge in [-0.15, -0.1) is 0 Å². The molecule has 20 heavy (non-hydrogen) atoms. The first-order valence-corrected chi connectivity index (χ1v) is 7.61. The maximum absolute atomic E-state index is 12.1. The maximum atomic E-state index is 12.1. The molecule has 0 aromatic heterocycles. The van der Waals surface area contributed by atoms with Crippen LogP contribution < -0.4 is 5.32 Å². The van der Waals surface area contributed by atoms with Crippen LogP contribution in [0.3, 0.4) is 0 Å². The molecule has 2 nitrogen and oxygen atoms in total.